The molecule has 5 heteroatoms. The Kier molecular flexibility index (Phi) is 7.09. The molecule has 0 saturated carbocycles. The lowest BCUT2D eigenvalue weighted by Gasteiger charge is -2.14. The minimum absolute atomic E-state index is 0.00624. The van der Waals surface area contributed by atoms with Crippen molar-refractivity contribution in [1.82, 2.24) is 5.32 Å². The fraction of sp³-hybridized carbons (Fsp3) is 0.526. The maximum Gasteiger partial charge on any atom is 0.239 e. The van der Waals surface area contributed by atoms with Crippen LogP contribution in [0, 0.1) is 5.82 Å². The quantitative estimate of drug-likeness (QED) is 0.706. The van der Waals surface area contributed by atoms with Crippen molar-refractivity contribution in [2.45, 2.75) is 52.1 Å². The molecular formula is C19H27FN2O2. The molecule has 1 aliphatic rings. The summed E-state index contributed by atoms with van der Waals surface area (Å²) < 4.78 is 19.4. The minimum atomic E-state index is -0.423. The molecule has 0 heterocycles. The molecule has 1 aromatic rings. The van der Waals surface area contributed by atoms with Gasteiger partial charge in [0.15, 0.2) is 0 Å². The molecular weight excluding hydrogens is 307 g/mol. The van der Waals surface area contributed by atoms with Crippen LogP contribution in [-0.2, 0) is 4.79 Å². The Balaban J connectivity index is 1.72. The van der Waals surface area contributed by atoms with Crippen LogP contribution < -0.4 is 15.4 Å². The van der Waals surface area contributed by atoms with Gasteiger partial charge in [0.25, 0.3) is 0 Å². The predicted molar refractivity (Wildman–Crippen MR) is 94.8 cm³/mol. The number of ether oxygens (including phenoxy) is 1. The summed E-state index contributed by atoms with van der Waals surface area (Å²) in [5.41, 5.74) is 1.73. The van der Waals surface area contributed by atoms with Crippen LogP contribution in [0.25, 0.3) is 0 Å². The van der Waals surface area contributed by atoms with E-state index in [0.717, 1.165) is 19.3 Å². The fourth-order valence-corrected chi connectivity index (χ4v) is 2.72. The third-order valence-corrected chi connectivity index (χ3v) is 3.91. The van der Waals surface area contributed by atoms with Gasteiger partial charge in [-0.1, -0.05) is 11.6 Å². The highest BCUT2D eigenvalue weighted by atomic mass is 19.1. The van der Waals surface area contributed by atoms with Crippen LogP contribution in [-0.4, -0.2) is 25.1 Å². The van der Waals surface area contributed by atoms with Crippen molar-refractivity contribution in [2.24, 2.45) is 0 Å². The lowest BCUT2D eigenvalue weighted by molar-refractivity contribution is -0.119. The third-order valence-electron chi connectivity index (χ3n) is 3.91. The number of halogens is 1. The molecule has 24 heavy (non-hydrogen) atoms. The van der Waals surface area contributed by atoms with E-state index in [2.05, 4.69) is 16.7 Å². The smallest absolute Gasteiger partial charge is 0.239 e. The van der Waals surface area contributed by atoms with Crippen LogP contribution in [0.15, 0.2) is 29.8 Å². The van der Waals surface area contributed by atoms with Crippen LogP contribution in [0.5, 0.6) is 5.75 Å². The van der Waals surface area contributed by atoms with Crippen LogP contribution in [0.3, 0.4) is 0 Å². The molecule has 0 fully saturated rings. The van der Waals surface area contributed by atoms with Crippen molar-refractivity contribution in [3.63, 3.8) is 0 Å². The van der Waals surface area contributed by atoms with Crippen molar-refractivity contribution >= 4 is 11.6 Å². The van der Waals surface area contributed by atoms with Gasteiger partial charge >= 0.3 is 0 Å². The van der Waals surface area contributed by atoms with E-state index in [9.17, 15) is 9.18 Å². The maximum absolute atomic E-state index is 14.0. The van der Waals surface area contributed by atoms with Crippen molar-refractivity contribution in [3.8, 4) is 5.75 Å². The van der Waals surface area contributed by atoms with Crippen LogP contribution >= 0.6 is 0 Å². The Morgan fingerprint density at radius 1 is 1.33 bits per heavy atom. The number of hydrogen-bond donors (Lipinski definition) is 2. The summed E-state index contributed by atoms with van der Waals surface area (Å²) in [6.45, 7) is 4.46. The van der Waals surface area contributed by atoms with E-state index in [0.29, 0.717) is 18.0 Å². The lowest BCUT2D eigenvalue weighted by Crippen LogP contribution is -2.31. The summed E-state index contributed by atoms with van der Waals surface area (Å²) in [6, 6.07) is 4.61. The molecule has 1 aliphatic carbocycles. The summed E-state index contributed by atoms with van der Waals surface area (Å²) in [4.78, 5) is 11.8. The number of anilines is 1. The van der Waals surface area contributed by atoms with Gasteiger partial charge in [-0.25, -0.2) is 4.39 Å². The number of carbonyl (C=O) groups excluding carboxylic acids is 1. The second kappa shape index (κ2) is 9.30. The van der Waals surface area contributed by atoms with Gasteiger partial charge in [0.2, 0.25) is 5.91 Å². The third kappa shape index (κ3) is 6.22. The molecule has 2 rings (SSSR count). The highest BCUT2D eigenvalue weighted by Crippen LogP contribution is 2.21. The number of allylic oxidation sites excluding steroid dienone is 1. The highest BCUT2D eigenvalue weighted by molar-refractivity contribution is 5.80. The first-order valence-corrected chi connectivity index (χ1v) is 8.69. The first kappa shape index (κ1) is 18.3. The number of nitrogens with one attached hydrogen (secondary N) is 2. The molecule has 0 spiro atoms. The molecule has 132 valence electrons. The largest absolute Gasteiger partial charge is 0.491 e. The van der Waals surface area contributed by atoms with Gasteiger partial charge in [-0.05, 0) is 58.1 Å². The van der Waals surface area contributed by atoms with Crippen LogP contribution in [0.2, 0.25) is 0 Å². The molecule has 0 aromatic heterocycles. The van der Waals surface area contributed by atoms with E-state index in [4.69, 9.17) is 4.74 Å². The second-order valence-electron chi connectivity index (χ2n) is 6.37. The maximum atomic E-state index is 14.0. The van der Waals surface area contributed by atoms with Crippen LogP contribution in [0.1, 0.15) is 46.0 Å². The van der Waals surface area contributed by atoms with Crippen LogP contribution in [0.4, 0.5) is 10.1 Å². The van der Waals surface area contributed by atoms with Gasteiger partial charge < -0.3 is 15.4 Å². The zero-order chi connectivity index (χ0) is 17.4. The Labute approximate surface area is 143 Å². The average molecular weight is 334 g/mol. The topological polar surface area (TPSA) is 50.4 Å². The first-order chi connectivity index (χ1) is 11.5. The predicted octanol–water partition coefficient (Wildman–Crippen LogP) is 4.03. The fourth-order valence-electron chi connectivity index (χ4n) is 2.72. The Morgan fingerprint density at radius 3 is 2.83 bits per heavy atom. The molecule has 0 aliphatic heterocycles. The zero-order valence-corrected chi connectivity index (χ0v) is 14.5. The van der Waals surface area contributed by atoms with E-state index in [-0.39, 0.29) is 18.6 Å². The minimum Gasteiger partial charge on any atom is -0.491 e. The lowest BCUT2D eigenvalue weighted by atomic mass is 9.97. The van der Waals surface area contributed by atoms with Gasteiger partial charge in [-0.3, -0.25) is 4.79 Å². The van der Waals surface area contributed by atoms with E-state index >= 15 is 0 Å². The van der Waals surface area contributed by atoms with Crippen molar-refractivity contribution in [2.75, 3.05) is 18.4 Å². The molecule has 0 atom stereocenters. The van der Waals surface area contributed by atoms with E-state index in [1.807, 2.05) is 13.8 Å². The highest BCUT2D eigenvalue weighted by Gasteiger charge is 2.08. The number of benzene rings is 1. The first-order valence-electron chi connectivity index (χ1n) is 8.69. The molecule has 4 nitrogen and oxygen atoms in total. The standard InChI is InChI=1S/C19H27FN2O2/c1-14(2)24-16-8-9-18(17(20)12-16)22-13-19(23)21-11-10-15-6-4-3-5-7-15/h6,8-9,12,14,22H,3-5,7,10-11,13H2,1-2H3,(H,21,23). The van der Waals surface area contributed by atoms with Gasteiger partial charge in [-0.15, -0.1) is 0 Å². The van der Waals surface area contributed by atoms with Crippen molar-refractivity contribution in [3.05, 3.63) is 35.7 Å². The number of amides is 1. The van der Waals surface area contributed by atoms with Gasteiger partial charge in [0.05, 0.1) is 18.3 Å². The van der Waals surface area contributed by atoms with Gasteiger partial charge in [0, 0.05) is 12.6 Å². The molecule has 0 unspecified atom stereocenters. The Bertz CT molecular complexity index is 585. The number of hydrogen-bond acceptors (Lipinski definition) is 3. The van der Waals surface area contributed by atoms with Gasteiger partial charge in [0.1, 0.15) is 11.6 Å². The molecule has 2 N–H and O–H groups in total. The van der Waals surface area contributed by atoms with Crippen molar-refractivity contribution < 1.29 is 13.9 Å². The SMILES string of the molecule is CC(C)Oc1ccc(NCC(=O)NCCC2=CCCCC2)c(F)c1. The monoisotopic (exact) mass is 334 g/mol. The summed E-state index contributed by atoms with van der Waals surface area (Å²) >= 11 is 0. The molecule has 1 amide bonds. The summed E-state index contributed by atoms with van der Waals surface area (Å²) in [5.74, 6) is -0.0696. The summed E-state index contributed by atoms with van der Waals surface area (Å²) in [5, 5.41) is 5.69. The second-order valence-corrected chi connectivity index (χ2v) is 6.37. The van der Waals surface area contributed by atoms with Crippen molar-refractivity contribution in [1.29, 1.82) is 0 Å². The number of rotatable bonds is 8. The normalized spacial score (nSPS) is 14.2. The molecule has 0 saturated heterocycles. The Morgan fingerprint density at radius 2 is 2.17 bits per heavy atom. The van der Waals surface area contributed by atoms with E-state index < -0.39 is 5.82 Å². The molecule has 0 bridgehead atoms. The van der Waals surface area contributed by atoms with E-state index in [1.165, 1.54) is 24.5 Å². The molecule has 1 aromatic carbocycles. The van der Waals surface area contributed by atoms with Gasteiger partial charge in [-0.2, -0.15) is 0 Å². The Hall–Kier alpha value is -2.04. The average Bonchev–Trinajstić information content (AvgIpc) is 2.54. The van der Waals surface area contributed by atoms with E-state index in [1.54, 1.807) is 12.1 Å². The number of carbonyl (C=O) groups is 1. The molecule has 0 radical (unpaired) electrons. The zero-order valence-electron chi connectivity index (χ0n) is 14.5. The summed E-state index contributed by atoms with van der Waals surface area (Å²) in [7, 11) is 0. The summed E-state index contributed by atoms with van der Waals surface area (Å²) in [6.07, 6.45) is 7.99.